The average molecular weight is 630 g/mol. The van der Waals surface area contributed by atoms with Crippen molar-refractivity contribution in [3.8, 4) is 0 Å². The summed E-state index contributed by atoms with van der Waals surface area (Å²) in [6, 6.07) is 11.0. The van der Waals surface area contributed by atoms with Gasteiger partial charge in [0.2, 0.25) is 11.8 Å². The fraction of sp³-hybridized carbons (Fsp3) is 0.515. The highest BCUT2D eigenvalue weighted by atomic mass is 35.5. The van der Waals surface area contributed by atoms with Gasteiger partial charge in [0.1, 0.15) is 18.0 Å². The van der Waals surface area contributed by atoms with Crippen molar-refractivity contribution in [1.29, 1.82) is 0 Å². The summed E-state index contributed by atoms with van der Waals surface area (Å²) in [6.07, 6.45) is 3.40. The van der Waals surface area contributed by atoms with Gasteiger partial charge in [-0.05, 0) is 54.2 Å². The molecule has 4 N–H and O–H groups in total. The Morgan fingerprint density at radius 2 is 1.80 bits per heavy atom. The highest BCUT2D eigenvalue weighted by Crippen LogP contribution is 2.40. The van der Waals surface area contributed by atoms with E-state index < -0.39 is 59.7 Å². The van der Waals surface area contributed by atoms with E-state index in [1.54, 1.807) is 24.3 Å². The second kappa shape index (κ2) is 14.9. The zero-order valence-corrected chi connectivity index (χ0v) is 25.9. The first kappa shape index (κ1) is 33.2. The van der Waals surface area contributed by atoms with E-state index in [4.69, 9.17) is 16.3 Å². The summed E-state index contributed by atoms with van der Waals surface area (Å²) < 4.78 is 20.4. The van der Waals surface area contributed by atoms with Crippen LogP contribution >= 0.6 is 11.6 Å². The SMILES string of the molecule is CC(C)(c1cccc(Cl)c1)C(OC(=O)N[C@@H](CC1CCCCC1)C(=O)NC(CC(=O)O)[C@@H]1CCNC1=O)c1cccc(F)c1. The number of rotatable bonds is 12. The molecule has 238 valence electrons. The van der Waals surface area contributed by atoms with Crippen LogP contribution in [0, 0.1) is 17.7 Å². The number of carbonyl (C=O) groups is 4. The van der Waals surface area contributed by atoms with Gasteiger partial charge in [-0.1, -0.05) is 81.8 Å². The lowest BCUT2D eigenvalue weighted by atomic mass is 9.76. The molecule has 44 heavy (non-hydrogen) atoms. The van der Waals surface area contributed by atoms with Crippen LogP contribution in [0.1, 0.15) is 82.4 Å². The second-order valence-electron chi connectivity index (χ2n) is 12.4. The molecule has 11 heteroatoms. The summed E-state index contributed by atoms with van der Waals surface area (Å²) in [5.41, 5.74) is 0.321. The second-order valence-corrected chi connectivity index (χ2v) is 12.8. The maximum atomic E-state index is 14.4. The van der Waals surface area contributed by atoms with Gasteiger partial charge in [-0.25, -0.2) is 9.18 Å². The number of amides is 3. The predicted octanol–water partition coefficient (Wildman–Crippen LogP) is 5.66. The first-order valence-corrected chi connectivity index (χ1v) is 15.6. The fourth-order valence-corrected chi connectivity index (χ4v) is 6.57. The molecule has 1 heterocycles. The van der Waals surface area contributed by atoms with Crippen LogP contribution in [0.3, 0.4) is 0 Å². The Balaban J connectivity index is 1.58. The third-order valence-corrected chi connectivity index (χ3v) is 9.04. The van der Waals surface area contributed by atoms with E-state index in [1.165, 1.54) is 18.2 Å². The normalized spacial score (nSPS) is 19.4. The summed E-state index contributed by atoms with van der Waals surface area (Å²) in [4.78, 5) is 51.3. The van der Waals surface area contributed by atoms with E-state index in [9.17, 15) is 28.7 Å². The molecule has 1 aliphatic carbocycles. The van der Waals surface area contributed by atoms with E-state index in [1.807, 2.05) is 19.9 Å². The Kier molecular flexibility index (Phi) is 11.2. The smallest absolute Gasteiger partial charge is 0.408 e. The number of ether oxygens (including phenoxy) is 1. The molecule has 2 aromatic carbocycles. The summed E-state index contributed by atoms with van der Waals surface area (Å²) in [5, 5.41) is 18.2. The van der Waals surface area contributed by atoms with E-state index in [0.29, 0.717) is 30.0 Å². The van der Waals surface area contributed by atoms with Crippen molar-refractivity contribution in [1.82, 2.24) is 16.0 Å². The molecule has 0 bridgehead atoms. The quantitative estimate of drug-likeness (QED) is 0.239. The predicted molar refractivity (Wildman–Crippen MR) is 164 cm³/mol. The lowest BCUT2D eigenvalue weighted by molar-refractivity contribution is -0.138. The standard InChI is InChI=1S/C33H41ClFN3O6/c1-33(2,22-11-7-12-23(34)18-22)29(21-10-6-13-24(35)17-21)44-32(43)38-27(16-20-8-4-3-5-9-20)31(42)37-26(19-28(39)40)25-14-15-36-30(25)41/h6-7,10-13,17-18,20,25-27,29H,3-5,8-9,14-16,19H2,1-2H3,(H,36,41)(H,37,42)(H,38,43)(H,39,40)/t25-,26?,27-,29?/m0/s1. The van der Waals surface area contributed by atoms with Crippen LogP contribution in [0.15, 0.2) is 48.5 Å². The Bertz CT molecular complexity index is 1350. The van der Waals surface area contributed by atoms with Crippen molar-refractivity contribution in [3.63, 3.8) is 0 Å². The fourth-order valence-electron chi connectivity index (χ4n) is 6.38. The lowest BCUT2D eigenvalue weighted by Gasteiger charge is -2.35. The number of alkyl carbamates (subject to hydrolysis) is 1. The number of aliphatic carboxylic acids is 1. The Morgan fingerprint density at radius 1 is 1.07 bits per heavy atom. The first-order valence-electron chi connectivity index (χ1n) is 15.2. The van der Waals surface area contributed by atoms with Gasteiger partial charge in [0.05, 0.1) is 18.4 Å². The van der Waals surface area contributed by atoms with Crippen molar-refractivity contribution in [3.05, 3.63) is 70.5 Å². The molecule has 0 aromatic heterocycles. The van der Waals surface area contributed by atoms with Crippen LogP contribution in [-0.4, -0.2) is 47.6 Å². The lowest BCUT2D eigenvalue weighted by Crippen LogP contribution is -2.53. The molecule has 2 fully saturated rings. The van der Waals surface area contributed by atoms with Crippen molar-refractivity contribution >= 4 is 35.5 Å². The van der Waals surface area contributed by atoms with Crippen molar-refractivity contribution in [2.45, 2.75) is 88.8 Å². The maximum Gasteiger partial charge on any atom is 0.408 e. The van der Waals surface area contributed by atoms with Crippen LogP contribution in [0.4, 0.5) is 9.18 Å². The van der Waals surface area contributed by atoms with Gasteiger partial charge in [0, 0.05) is 17.0 Å². The average Bonchev–Trinajstić information content (AvgIpc) is 3.41. The van der Waals surface area contributed by atoms with Crippen LogP contribution in [0.25, 0.3) is 0 Å². The molecule has 1 saturated carbocycles. The molecule has 1 aliphatic heterocycles. The number of nitrogens with one attached hydrogen (secondary N) is 3. The summed E-state index contributed by atoms with van der Waals surface area (Å²) in [6.45, 7) is 4.11. The number of hydrogen-bond acceptors (Lipinski definition) is 5. The van der Waals surface area contributed by atoms with Crippen molar-refractivity contribution in [2.75, 3.05) is 6.54 Å². The van der Waals surface area contributed by atoms with E-state index in [2.05, 4.69) is 16.0 Å². The molecule has 2 aromatic rings. The Hall–Kier alpha value is -3.66. The highest BCUT2D eigenvalue weighted by Gasteiger charge is 2.39. The van der Waals surface area contributed by atoms with E-state index in [0.717, 1.165) is 37.7 Å². The number of benzene rings is 2. The number of halogens is 2. The molecule has 4 rings (SSSR count). The minimum Gasteiger partial charge on any atom is -0.481 e. The summed E-state index contributed by atoms with van der Waals surface area (Å²) in [5.74, 6) is -3.04. The molecule has 9 nitrogen and oxygen atoms in total. The van der Waals surface area contributed by atoms with Crippen molar-refractivity contribution in [2.24, 2.45) is 11.8 Å². The zero-order chi connectivity index (χ0) is 31.9. The van der Waals surface area contributed by atoms with Crippen LogP contribution in [-0.2, 0) is 24.5 Å². The van der Waals surface area contributed by atoms with Crippen LogP contribution < -0.4 is 16.0 Å². The molecule has 1 saturated heterocycles. The third kappa shape index (κ3) is 8.71. The Morgan fingerprint density at radius 3 is 2.43 bits per heavy atom. The van der Waals surface area contributed by atoms with Gasteiger partial charge in [0.15, 0.2) is 0 Å². The highest BCUT2D eigenvalue weighted by molar-refractivity contribution is 6.30. The molecule has 0 radical (unpaired) electrons. The molecular formula is C33H41ClFN3O6. The third-order valence-electron chi connectivity index (χ3n) is 8.80. The molecule has 2 aliphatic rings. The monoisotopic (exact) mass is 629 g/mol. The minimum absolute atomic E-state index is 0.175. The van der Waals surface area contributed by atoms with Crippen LogP contribution in [0.5, 0.6) is 0 Å². The molecule has 4 atom stereocenters. The Labute approximate surface area is 262 Å². The molecule has 2 unspecified atom stereocenters. The molecule has 3 amide bonds. The molecular weight excluding hydrogens is 589 g/mol. The maximum absolute atomic E-state index is 14.4. The summed E-state index contributed by atoms with van der Waals surface area (Å²) >= 11 is 6.27. The zero-order valence-electron chi connectivity index (χ0n) is 25.1. The summed E-state index contributed by atoms with van der Waals surface area (Å²) in [7, 11) is 0. The number of carboxylic acids is 1. The van der Waals surface area contributed by atoms with Gasteiger partial charge in [-0.2, -0.15) is 0 Å². The van der Waals surface area contributed by atoms with Gasteiger partial charge >= 0.3 is 12.1 Å². The van der Waals surface area contributed by atoms with E-state index >= 15 is 0 Å². The van der Waals surface area contributed by atoms with Crippen LogP contribution in [0.2, 0.25) is 5.02 Å². The van der Waals surface area contributed by atoms with Gasteiger partial charge < -0.3 is 25.8 Å². The number of carbonyl (C=O) groups excluding carboxylic acids is 3. The minimum atomic E-state index is -1.15. The van der Waals surface area contributed by atoms with Crippen molar-refractivity contribution < 1.29 is 33.4 Å². The van der Waals surface area contributed by atoms with E-state index in [-0.39, 0.29) is 11.8 Å². The number of carboxylic acid groups (broad SMARTS) is 1. The largest absolute Gasteiger partial charge is 0.481 e. The van der Waals surface area contributed by atoms with Gasteiger partial charge in [0.25, 0.3) is 0 Å². The number of hydrogen-bond donors (Lipinski definition) is 4. The topological polar surface area (TPSA) is 134 Å². The molecule has 0 spiro atoms. The van der Waals surface area contributed by atoms with Gasteiger partial charge in [-0.3, -0.25) is 14.4 Å². The van der Waals surface area contributed by atoms with Gasteiger partial charge in [-0.15, -0.1) is 0 Å². The first-order chi connectivity index (χ1) is 20.9.